The van der Waals surface area contributed by atoms with Crippen LogP contribution in [0.25, 0.3) is 0 Å². The molecule has 0 aliphatic carbocycles. The maximum Gasteiger partial charge on any atom is 0.254 e. The third-order valence-electron chi connectivity index (χ3n) is 4.29. The van der Waals surface area contributed by atoms with Crippen LogP contribution in [-0.2, 0) is 0 Å². The number of hydrogen-bond donors (Lipinski definition) is 0. The highest BCUT2D eigenvalue weighted by Gasteiger charge is 2.26. The van der Waals surface area contributed by atoms with Gasteiger partial charge in [-0.2, -0.15) is 0 Å². The number of amides is 2. The topological polar surface area (TPSA) is 40.6 Å². The van der Waals surface area contributed by atoms with Gasteiger partial charge in [0, 0.05) is 37.3 Å². The molecule has 2 amide bonds. The first kappa shape index (κ1) is 17.1. The summed E-state index contributed by atoms with van der Waals surface area (Å²) in [6.45, 7) is 3.45. The highest BCUT2D eigenvalue weighted by Crippen LogP contribution is 2.15. The Morgan fingerprint density at radius 3 is 1.88 bits per heavy atom. The number of hydrogen-bond acceptors (Lipinski definition) is 2. The molecule has 4 nitrogen and oxygen atoms in total. The number of piperazine rings is 1. The molecule has 1 aliphatic rings. The molecule has 130 valence electrons. The van der Waals surface area contributed by atoms with Gasteiger partial charge in [-0.25, -0.2) is 8.78 Å². The standard InChI is InChI=1S/C19H18F2N2O2/c1-13-3-2-4-14(11-13)18(24)22-7-9-23(10-8-22)19(25)15-5-6-16(20)17(21)12-15/h2-6,11-12H,7-10H2,1H3. The van der Waals surface area contributed by atoms with Crippen molar-refractivity contribution in [2.45, 2.75) is 6.92 Å². The number of benzene rings is 2. The average Bonchev–Trinajstić information content (AvgIpc) is 2.63. The molecule has 1 saturated heterocycles. The fraction of sp³-hybridized carbons (Fsp3) is 0.263. The molecule has 6 heteroatoms. The van der Waals surface area contributed by atoms with Crippen LogP contribution >= 0.6 is 0 Å². The number of carbonyl (C=O) groups excluding carboxylic acids is 2. The monoisotopic (exact) mass is 344 g/mol. The molecule has 0 atom stereocenters. The quantitative estimate of drug-likeness (QED) is 0.841. The van der Waals surface area contributed by atoms with Crippen LogP contribution in [0.3, 0.4) is 0 Å². The minimum Gasteiger partial charge on any atom is -0.335 e. The van der Waals surface area contributed by atoms with Crippen molar-refractivity contribution in [2.75, 3.05) is 26.2 Å². The minimum atomic E-state index is -1.04. The zero-order valence-electron chi connectivity index (χ0n) is 13.8. The number of nitrogens with zero attached hydrogens (tertiary/aromatic N) is 2. The van der Waals surface area contributed by atoms with E-state index in [1.165, 1.54) is 6.07 Å². The van der Waals surface area contributed by atoms with Gasteiger partial charge in [0.05, 0.1) is 0 Å². The molecule has 1 fully saturated rings. The summed E-state index contributed by atoms with van der Waals surface area (Å²) in [4.78, 5) is 28.1. The van der Waals surface area contributed by atoms with Crippen molar-refractivity contribution in [3.05, 3.63) is 70.8 Å². The van der Waals surface area contributed by atoms with Crippen molar-refractivity contribution >= 4 is 11.8 Å². The Morgan fingerprint density at radius 1 is 0.800 bits per heavy atom. The molecular weight excluding hydrogens is 326 g/mol. The summed E-state index contributed by atoms with van der Waals surface area (Å²) in [5.41, 5.74) is 1.75. The van der Waals surface area contributed by atoms with Crippen LogP contribution in [0.5, 0.6) is 0 Å². The van der Waals surface area contributed by atoms with E-state index in [0.717, 1.165) is 17.7 Å². The van der Waals surface area contributed by atoms with Crippen molar-refractivity contribution in [3.63, 3.8) is 0 Å². The Bertz CT molecular complexity index is 815. The first-order valence-corrected chi connectivity index (χ1v) is 8.06. The zero-order valence-corrected chi connectivity index (χ0v) is 13.8. The molecule has 0 saturated carbocycles. The van der Waals surface area contributed by atoms with Gasteiger partial charge < -0.3 is 9.80 Å². The lowest BCUT2D eigenvalue weighted by Crippen LogP contribution is -2.50. The molecular formula is C19H18F2N2O2. The van der Waals surface area contributed by atoms with Crippen molar-refractivity contribution in [1.29, 1.82) is 0 Å². The van der Waals surface area contributed by atoms with Crippen molar-refractivity contribution < 1.29 is 18.4 Å². The van der Waals surface area contributed by atoms with Crippen LogP contribution in [0.2, 0.25) is 0 Å². The summed E-state index contributed by atoms with van der Waals surface area (Å²) < 4.78 is 26.3. The minimum absolute atomic E-state index is 0.0661. The second kappa shape index (κ2) is 7.01. The van der Waals surface area contributed by atoms with Gasteiger partial charge in [-0.15, -0.1) is 0 Å². The second-order valence-electron chi connectivity index (χ2n) is 6.08. The van der Waals surface area contributed by atoms with Crippen molar-refractivity contribution in [2.24, 2.45) is 0 Å². The summed E-state index contributed by atoms with van der Waals surface area (Å²) in [5, 5.41) is 0. The second-order valence-corrected chi connectivity index (χ2v) is 6.08. The van der Waals surface area contributed by atoms with E-state index in [1.54, 1.807) is 15.9 Å². The largest absolute Gasteiger partial charge is 0.335 e. The summed E-state index contributed by atoms with van der Waals surface area (Å²) >= 11 is 0. The summed E-state index contributed by atoms with van der Waals surface area (Å²) in [7, 11) is 0. The number of rotatable bonds is 2. The van der Waals surface area contributed by atoms with E-state index in [0.29, 0.717) is 31.7 Å². The molecule has 3 rings (SSSR count). The van der Waals surface area contributed by atoms with E-state index in [4.69, 9.17) is 0 Å². The van der Waals surface area contributed by atoms with Crippen LogP contribution in [0.4, 0.5) is 8.78 Å². The molecule has 0 aromatic heterocycles. The lowest BCUT2D eigenvalue weighted by atomic mass is 10.1. The molecule has 0 unspecified atom stereocenters. The lowest BCUT2D eigenvalue weighted by Gasteiger charge is -2.35. The van der Waals surface area contributed by atoms with Gasteiger partial charge in [0.2, 0.25) is 0 Å². The number of aryl methyl sites for hydroxylation is 1. The SMILES string of the molecule is Cc1cccc(C(=O)N2CCN(C(=O)c3ccc(F)c(F)c3)CC2)c1. The Kier molecular flexibility index (Phi) is 4.79. The first-order valence-electron chi connectivity index (χ1n) is 8.06. The smallest absolute Gasteiger partial charge is 0.254 e. The van der Waals surface area contributed by atoms with Gasteiger partial charge in [-0.3, -0.25) is 9.59 Å². The Morgan fingerprint density at radius 2 is 1.36 bits per heavy atom. The molecule has 25 heavy (non-hydrogen) atoms. The molecule has 0 radical (unpaired) electrons. The summed E-state index contributed by atoms with van der Waals surface area (Å²) in [6, 6.07) is 10.5. The summed E-state index contributed by atoms with van der Waals surface area (Å²) in [6.07, 6.45) is 0. The molecule has 2 aromatic carbocycles. The Hall–Kier alpha value is -2.76. The van der Waals surface area contributed by atoms with E-state index in [2.05, 4.69) is 0 Å². The van der Waals surface area contributed by atoms with E-state index in [1.807, 2.05) is 25.1 Å². The molecule has 2 aromatic rings. The predicted molar refractivity (Wildman–Crippen MR) is 89.3 cm³/mol. The highest BCUT2D eigenvalue weighted by atomic mass is 19.2. The number of carbonyl (C=O) groups is 2. The van der Waals surface area contributed by atoms with Crippen molar-refractivity contribution in [3.8, 4) is 0 Å². The van der Waals surface area contributed by atoms with Gasteiger partial charge in [-0.1, -0.05) is 17.7 Å². The van der Waals surface area contributed by atoms with E-state index in [9.17, 15) is 18.4 Å². The molecule has 1 heterocycles. The van der Waals surface area contributed by atoms with E-state index in [-0.39, 0.29) is 17.4 Å². The van der Waals surface area contributed by atoms with Crippen LogP contribution in [0, 0.1) is 18.6 Å². The Balaban J connectivity index is 1.64. The fourth-order valence-corrected chi connectivity index (χ4v) is 2.89. The van der Waals surface area contributed by atoms with Gasteiger partial charge in [0.1, 0.15) is 0 Å². The van der Waals surface area contributed by atoms with E-state index >= 15 is 0 Å². The summed E-state index contributed by atoms with van der Waals surface area (Å²) in [5.74, 6) is -2.45. The third-order valence-corrected chi connectivity index (χ3v) is 4.29. The van der Waals surface area contributed by atoms with Gasteiger partial charge >= 0.3 is 0 Å². The van der Waals surface area contributed by atoms with Crippen molar-refractivity contribution in [1.82, 2.24) is 9.80 Å². The first-order chi connectivity index (χ1) is 12.0. The fourth-order valence-electron chi connectivity index (χ4n) is 2.89. The van der Waals surface area contributed by atoms with Gasteiger partial charge in [0.15, 0.2) is 11.6 Å². The third kappa shape index (κ3) is 3.68. The molecule has 0 N–H and O–H groups in total. The van der Waals surface area contributed by atoms with Crippen LogP contribution < -0.4 is 0 Å². The molecule has 0 bridgehead atoms. The molecule has 1 aliphatic heterocycles. The van der Waals surface area contributed by atoms with Gasteiger partial charge in [0.25, 0.3) is 11.8 Å². The Labute approximate surface area is 144 Å². The number of halogens is 2. The highest BCUT2D eigenvalue weighted by molar-refractivity contribution is 5.96. The molecule has 0 spiro atoms. The average molecular weight is 344 g/mol. The van der Waals surface area contributed by atoms with Crippen LogP contribution in [0.15, 0.2) is 42.5 Å². The van der Waals surface area contributed by atoms with Crippen LogP contribution in [0.1, 0.15) is 26.3 Å². The maximum atomic E-state index is 13.3. The maximum absolute atomic E-state index is 13.3. The zero-order chi connectivity index (χ0) is 18.0. The van der Waals surface area contributed by atoms with E-state index < -0.39 is 11.6 Å². The predicted octanol–water partition coefficient (Wildman–Crippen LogP) is 2.87. The van der Waals surface area contributed by atoms with Gasteiger partial charge in [-0.05, 0) is 37.3 Å². The lowest BCUT2D eigenvalue weighted by molar-refractivity contribution is 0.0535. The normalized spacial score (nSPS) is 14.5. The van der Waals surface area contributed by atoms with Crippen LogP contribution in [-0.4, -0.2) is 47.8 Å².